The minimum absolute atomic E-state index is 0.0300. The first-order valence-corrected chi connectivity index (χ1v) is 9.84. The van der Waals surface area contributed by atoms with Crippen LogP contribution in [0, 0.1) is 0 Å². The Labute approximate surface area is 154 Å². The van der Waals surface area contributed by atoms with Crippen LogP contribution in [0.2, 0.25) is 0 Å². The summed E-state index contributed by atoms with van der Waals surface area (Å²) in [7, 11) is 1.88. The third-order valence-corrected chi connectivity index (χ3v) is 6.06. The average molecular weight is 358 g/mol. The van der Waals surface area contributed by atoms with Gasteiger partial charge in [0, 0.05) is 37.6 Å². The van der Waals surface area contributed by atoms with Crippen LogP contribution in [0.3, 0.4) is 0 Å². The van der Waals surface area contributed by atoms with Crippen LogP contribution in [0.15, 0.2) is 47.8 Å². The van der Waals surface area contributed by atoms with Crippen molar-refractivity contribution in [2.45, 2.75) is 38.4 Å². The van der Waals surface area contributed by atoms with Crippen LogP contribution in [0.25, 0.3) is 0 Å². The molecule has 1 aliphatic heterocycles. The van der Waals surface area contributed by atoms with Gasteiger partial charge >= 0.3 is 6.03 Å². The molecule has 2 aromatic rings. The summed E-state index contributed by atoms with van der Waals surface area (Å²) in [5, 5.41) is 5.27. The normalized spacial score (nSPS) is 17.2. The number of nitrogens with zero attached hydrogens (tertiary/aromatic N) is 2. The van der Waals surface area contributed by atoms with Crippen LogP contribution in [0.5, 0.6) is 0 Å². The number of carbonyl (C=O) groups is 1. The highest BCUT2D eigenvalue weighted by Crippen LogP contribution is 2.23. The summed E-state index contributed by atoms with van der Waals surface area (Å²) in [6.45, 7) is 5.14. The molecule has 1 N–H and O–H groups in total. The predicted octanol–water partition coefficient (Wildman–Crippen LogP) is 4.12. The van der Waals surface area contributed by atoms with Crippen molar-refractivity contribution in [2.24, 2.45) is 0 Å². The number of piperidine rings is 1. The zero-order chi connectivity index (χ0) is 17.6. The summed E-state index contributed by atoms with van der Waals surface area (Å²) in [4.78, 5) is 18.0. The molecule has 1 aromatic heterocycles. The summed E-state index contributed by atoms with van der Waals surface area (Å²) >= 11 is 1.70. The Morgan fingerprint density at radius 2 is 1.96 bits per heavy atom. The minimum atomic E-state index is 0.0300. The average Bonchev–Trinajstić information content (AvgIpc) is 3.17. The third kappa shape index (κ3) is 4.83. The Kier molecular flexibility index (Phi) is 6.10. The highest BCUT2D eigenvalue weighted by Gasteiger charge is 2.24. The van der Waals surface area contributed by atoms with E-state index in [-0.39, 0.29) is 18.1 Å². The predicted molar refractivity (Wildman–Crippen MR) is 104 cm³/mol. The second-order valence-electron chi connectivity index (χ2n) is 6.79. The molecule has 1 aromatic carbocycles. The Morgan fingerprint density at radius 1 is 1.24 bits per heavy atom. The zero-order valence-electron chi connectivity index (χ0n) is 15.0. The molecule has 2 amide bonds. The molecule has 1 atom stereocenters. The van der Waals surface area contributed by atoms with Gasteiger partial charge in [0.25, 0.3) is 0 Å². The van der Waals surface area contributed by atoms with Gasteiger partial charge in [-0.15, -0.1) is 11.3 Å². The molecule has 0 radical (unpaired) electrons. The lowest BCUT2D eigenvalue weighted by molar-refractivity contribution is 0.167. The number of carbonyl (C=O) groups excluding carboxylic acids is 1. The zero-order valence-corrected chi connectivity index (χ0v) is 15.8. The maximum absolute atomic E-state index is 12.5. The van der Waals surface area contributed by atoms with Crippen molar-refractivity contribution < 1.29 is 4.79 Å². The molecule has 0 spiro atoms. The molecule has 0 aliphatic carbocycles. The third-order valence-electron chi connectivity index (χ3n) is 5.02. The van der Waals surface area contributed by atoms with E-state index in [1.54, 1.807) is 11.3 Å². The van der Waals surface area contributed by atoms with E-state index in [4.69, 9.17) is 0 Å². The quantitative estimate of drug-likeness (QED) is 0.874. The molecule has 2 heterocycles. The van der Waals surface area contributed by atoms with Gasteiger partial charge in [-0.2, -0.15) is 0 Å². The van der Waals surface area contributed by atoms with E-state index in [0.29, 0.717) is 0 Å². The number of thiophene rings is 1. The highest BCUT2D eigenvalue weighted by molar-refractivity contribution is 7.10. The van der Waals surface area contributed by atoms with Gasteiger partial charge in [-0.3, -0.25) is 4.90 Å². The standard InChI is InChI=1S/C20H27N3OS/c1-16(19-9-6-14-25-19)22(2)20(24)21-18-10-12-23(13-11-18)15-17-7-4-3-5-8-17/h3-9,14,16,18H,10-13,15H2,1-2H3,(H,21,24). The van der Waals surface area contributed by atoms with Crippen molar-refractivity contribution in [3.05, 3.63) is 58.3 Å². The van der Waals surface area contributed by atoms with E-state index < -0.39 is 0 Å². The number of benzene rings is 1. The Hall–Kier alpha value is -1.85. The molecule has 5 heteroatoms. The van der Waals surface area contributed by atoms with Gasteiger partial charge in [-0.1, -0.05) is 36.4 Å². The molecular weight excluding hydrogens is 330 g/mol. The van der Waals surface area contributed by atoms with Crippen molar-refractivity contribution >= 4 is 17.4 Å². The monoisotopic (exact) mass is 357 g/mol. The van der Waals surface area contributed by atoms with Gasteiger partial charge < -0.3 is 10.2 Å². The number of urea groups is 1. The lowest BCUT2D eigenvalue weighted by Crippen LogP contribution is -2.48. The van der Waals surface area contributed by atoms with Gasteiger partial charge in [0.2, 0.25) is 0 Å². The lowest BCUT2D eigenvalue weighted by atomic mass is 10.0. The summed E-state index contributed by atoms with van der Waals surface area (Å²) in [5.74, 6) is 0. The van der Waals surface area contributed by atoms with Gasteiger partial charge in [0.05, 0.1) is 6.04 Å². The first-order valence-electron chi connectivity index (χ1n) is 8.96. The van der Waals surface area contributed by atoms with Crippen LogP contribution in [0.4, 0.5) is 4.79 Å². The summed E-state index contributed by atoms with van der Waals surface area (Å²) in [5.41, 5.74) is 1.36. The fraction of sp³-hybridized carbons (Fsp3) is 0.450. The fourth-order valence-electron chi connectivity index (χ4n) is 3.25. The van der Waals surface area contributed by atoms with Gasteiger partial charge in [-0.25, -0.2) is 4.79 Å². The SMILES string of the molecule is CC(c1cccs1)N(C)C(=O)NC1CCN(Cc2ccccc2)CC1. The van der Waals surface area contributed by atoms with E-state index in [1.165, 1.54) is 10.4 Å². The highest BCUT2D eigenvalue weighted by atomic mass is 32.1. The number of hydrogen-bond donors (Lipinski definition) is 1. The second kappa shape index (κ2) is 8.50. The first kappa shape index (κ1) is 18.0. The Balaban J connectivity index is 1.44. The first-order chi connectivity index (χ1) is 12.1. The maximum Gasteiger partial charge on any atom is 0.317 e. The van der Waals surface area contributed by atoms with Crippen LogP contribution < -0.4 is 5.32 Å². The fourth-order valence-corrected chi connectivity index (χ4v) is 4.08. The molecule has 3 rings (SSSR count). The van der Waals surface area contributed by atoms with E-state index >= 15 is 0 Å². The molecule has 1 unspecified atom stereocenters. The molecule has 4 nitrogen and oxygen atoms in total. The second-order valence-corrected chi connectivity index (χ2v) is 7.77. The summed E-state index contributed by atoms with van der Waals surface area (Å²) < 4.78 is 0. The molecule has 134 valence electrons. The van der Waals surface area contributed by atoms with Crippen LogP contribution in [0.1, 0.15) is 36.2 Å². The molecule has 25 heavy (non-hydrogen) atoms. The lowest BCUT2D eigenvalue weighted by Gasteiger charge is -2.34. The summed E-state index contributed by atoms with van der Waals surface area (Å²) in [6.07, 6.45) is 2.03. The van der Waals surface area contributed by atoms with Crippen molar-refractivity contribution in [2.75, 3.05) is 20.1 Å². The van der Waals surface area contributed by atoms with Crippen LogP contribution in [-0.2, 0) is 6.54 Å². The Bertz CT molecular complexity index is 651. The van der Waals surface area contributed by atoms with Crippen molar-refractivity contribution in [3.8, 4) is 0 Å². The molecule has 1 fully saturated rings. The summed E-state index contributed by atoms with van der Waals surface area (Å²) in [6, 6.07) is 15.1. The van der Waals surface area contributed by atoms with Crippen molar-refractivity contribution in [1.29, 1.82) is 0 Å². The van der Waals surface area contributed by atoms with Gasteiger partial charge in [0.1, 0.15) is 0 Å². The van der Waals surface area contributed by atoms with Crippen molar-refractivity contribution in [1.82, 2.24) is 15.1 Å². The van der Waals surface area contributed by atoms with Gasteiger partial charge in [0.15, 0.2) is 0 Å². The van der Waals surface area contributed by atoms with E-state index in [1.807, 2.05) is 18.0 Å². The molecule has 1 aliphatic rings. The van der Waals surface area contributed by atoms with Crippen LogP contribution >= 0.6 is 11.3 Å². The van der Waals surface area contributed by atoms with E-state index in [2.05, 4.69) is 58.9 Å². The topological polar surface area (TPSA) is 35.6 Å². The van der Waals surface area contributed by atoms with Gasteiger partial charge in [-0.05, 0) is 36.8 Å². The maximum atomic E-state index is 12.5. The van der Waals surface area contributed by atoms with Crippen molar-refractivity contribution in [3.63, 3.8) is 0 Å². The number of likely N-dealkylation sites (tertiary alicyclic amines) is 1. The number of hydrogen-bond acceptors (Lipinski definition) is 3. The number of nitrogens with one attached hydrogen (secondary N) is 1. The number of amides is 2. The largest absolute Gasteiger partial charge is 0.335 e. The molecule has 0 bridgehead atoms. The Morgan fingerprint density at radius 3 is 2.60 bits per heavy atom. The smallest absolute Gasteiger partial charge is 0.317 e. The molecular formula is C20H27N3OS. The molecule has 0 saturated carbocycles. The van der Waals surface area contributed by atoms with Crippen LogP contribution in [-0.4, -0.2) is 42.0 Å². The number of rotatable bonds is 5. The molecule has 1 saturated heterocycles. The minimum Gasteiger partial charge on any atom is -0.335 e. The van der Waals surface area contributed by atoms with E-state index in [0.717, 1.165) is 32.5 Å². The van der Waals surface area contributed by atoms with E-state index in [9.17, 15) is 4.79 Å².